The van der Waals surface area contributed by atoms with Crippen LogP contribution in [0.1, 0.15) is 10.4 Å². The van der Waals surface area contributed by atoms with Crippen LogP contribution < -0.4 is 5.32 Å². The van der Waals surface area contributed by atoms with Gasteiger partial charge in [0.25, 0.3) is 0 Å². The van der Waals surface area contributed by atoms with Crippen molar-refractivity contribution in [3.63, 3.8) is 0 Å². The third-order valence-corrected chi connectivity index (χ3v) is 2.95. The molecule has 1 aromatic carbocycles. The maximum Gasteiger partial charge on any atom is 0.337 e. The molecular weight excluding hydrogens is 300 g/mol. The van der Waals surface area contributed by atoms with E-state index in [9.17, 15) is 14.7 Å². The normalized spacial score (nSPS) is 11.8. The number of amides is 2. The number of carbonyl (C=O) groups is 2. The molecule has 0 aliphatic heterocycles. The van der Waals surface area contributed by atoms with Gasteiger partial charge in [-0.1, -0.05) is 11.6 Å². The number of carbonyl (C=O) groups excluding carboxylic acids is 1. The molecule has 7 nitrogen and oxygen atoms in total. The van der Waals surface area contributed by atoms with Crippen LogP contribution >= 0.6 is 11.6 Å². The average molecular weight is 317 g/mol. The van der Waals surface area contributed by atoms with Gasteiger partial charge in [0.15, 0.2) is 0 Å². The number of benzene rings is 1. The Labute approximate surface area is 127 Å². The second kappa shape index (κ2) is 7.82. The van der Waals surface area contributed by atoms with E-state index >= 15 is 0 Å². The van der Waals surface area contributed by atoms with Gasteiger partial charge in [-0.05, 0) is 18.2 Å². The van der Waals surface area contributed by atoms with Crippen LogP contribution in [-0.2, 0) is 4.74 Å². The molecule has 1 unspecified atom stereocenters. The first-order chi connectivity index (χ1) is 9.85. The molecular formula is C13H17ClN2O5. The SMILES string of the molecule is COCC(O)CN(C)C(=O)Nc1ccc(C(=O)O)c(Cl)c1. The van der Waals surface area contributed by atoms with Gasteiger partial charge in [-0.3, -0.25) is 0 Å². The van der Waals surface area contributed by atoms with Gasteiger partial charge in [-0.15, -0.1) is 0 Å². The van der Waals surface area contributed by atoms with Gasteiger partial charge >= 0.3 is 12.0 Å². The minimum atomic E-state index is -1.14. The second-order valence-electron chi connectivity index (χ2n) is 4.42. The molecule has 0 aromatic heterocycles. The van der Waals surface area contributed by atoms with Gasteiger partial charge in [0.05, 0.1) is 29.8 Å². The first-order valence-electron chi connectivity index (χ1n) is 6.07. The molecule has 21 heavy (non-hydrogen) atoms. The molecule has 1 atom stereocenters. The Morgan fingerprint density at radius 3 is 2.67 bits per heavy atom. The average Bonchev–Trinajstić information content (AvgIpc) is 2.38. The molecule has 0 fully saturated rings. The van der Waals surface area contributed by atoms with Crippen molar-refractivity contribution in [2.75, 3.05) is 32.6 Å². The molecule has 8 heteroatoms. The molecule has 0 spiro atoms. The van der Waals surface area contributed by atoms with Gasteiger partial charge in [0.1, 0.15) is 0 Å². The first-order valence-corrected chi connectivity index (χ1v) is 6.45. The highest BCUT2D eigenvalue weighted by molar-refractivity contribution is 6.33. The van der Waals surface area contributed by atoms with E-state index in [2.05, 4.69) is 5.32 Å². The number of hydrogen-bond donors (Lipinski definition) is 3. The molecule has 0 radical (unpaired) electrons. The van der Waals surface area contributed by atoms with Gasteiger partial charge in [0.2, 0.25) is 0 Å². The summed E-state index contributed by atoms with van der Waals surface area (Å²) in [5.74, 6) is -1.14. The summed E-state index contributed by atoms with van der Waals surface area (Å²) in [7, 11) is 2.97. The maximum absolute atomic E-state index is 11.9. The zero-order chi connectivity index (χ0) is 16.0. The molecule has 1 rings (SSSR count). The number of ether oxygens (including phenoxy) is 1. The number of aliphatic hydroxyl groups is 1. The number of aromatic carboxylic acids is 1. The van der Waals surface area contributed by atoms with Crippen molar-refractivity contribution in [1.82, 2.24) is 4.90 Å². The number of aliphatic hydroxyl groups excluding tert-OH is 1. The number of nitrogens with one attached hydrogen (secondary N) is 1. The monoisotopic (exact) mass is 316 g/mol. The quantitative estimate of drug-likeness (QED) is 0.739. The maximum atomic E-state index is 11.9. The Morgan fingerprint density at radius 1 is 1.48 bits per heavy atom. The zero-order valence-electron chi connectivity index (χ0n) is 11.7. The lowest BCUT2D eigenvalue weighted by atomic mass is 10.2. The van der Waals surface area contributed by atoms with E-state index in [0.717, 1.165) is 0 Å². The number of likely N-dealkylation sites (N-methyl/N-ethyl adjacent to an activating group) is 1. The summed E-state index contributed by atoms with van der Waals surface area (Å²) in [6, 6.07) is 3.64. The Morgan fingerprint density at radius 2 is 2.14 bits per heavy atom. The van der Waals surface area contributed by atoms with Gasteiger partial charge in [-0.2, -0.15) is 0 Å². The van der Waals surface area contributed by atoms with E-state index in [1.807, 2.05) is 0 Å². The summed E-state index contributed by atoms with van der Waals surface area (Å²) in [6.45, 7) is 0.220. The number of halogens is 1. The number of hydrogen-bond acceptors (Lipinski definition) is 4. The molecule has 2 amide bonds. The Balaban J connectivity index is 2.66. The second-order valence-corrected chi connectivity index (χ2v) is 4.83. The molecule has 0 saturated heterocycles. The standard InChI is InChI=1S/C13H17ClN2O5/c1-16(6-9(17)7-21-2)13(20)15-8-3-4-10(12(18)19)11(14)5-8/h3-5,9,17H,6-7H2,1-2H3,(H,15,20)(H,18,19). The lowest BCUT2D eigenvalue weighted by Gasteiger charge is -2.21. The number of urea groups is 1. The molecule has 0 aliphatic rings. The number of anilines is 1. The van der Waals surface area contributed by atoms with E-state index in [-0.39, 0.29) is 23.7 Å². The molecule has 0 bridgehead atoms. The number of carboxylic acids is 1. The van der Waals surface area contributed by atoms with Crippen LogP contribution in [0.2, 0.25) is 5.02 Å². The molecule has 0 saturated carbocycles. The van der Waals surface area contributed by atoms with Crippen LogP contribution in [-0.4, -0.2) is 60.5 Å². The van der Waals surface area contributed by atoms with E-state index in [0.29, 0.717) is 5.69 Å². The van der Waals surface area contributed by atoms with Gasteiger partial charge in [-0.25, -0.2) is 9.59 Å². The van der Waals surface area contributed by atoms with Crippen molar-refractivity contribution in [1.29, 1.82) is 0 Å². The Kier molecular flexibility index (Phi) is 6.41. The lowest BCUT2D eigenvalue weighted by Crippen LogP contribution is -2.38. The van der Waals surface area contributed by atoms with Crippen LogP contribution in [0.5, 0.6) is 0 Å². The molecule has 1 aromatic rings. The molecule has 116 valence electrons. The third kappa shape index (κ3) is 5.22. The largest absolute Gasteiger partial charge is 0.478 e. The van der Waals surface area contributed by atoms with E-state index in [1.165, 1.54) is 37.3 Å². The minimum Gasteiger partial charge on any atom is -0.478 e. The fraction of sp³-hybridized carbons (Fsp3) is 0.385. The van der Waals surface area contributed by atoms with Crippen molar-refractivity contribution in [2.45, 2.75) is 6.10 Å². The predicted molar refractivity (Wildman–Crippen MR) is 77.9 cm³/mol. The van der Waals surface area contributed by atoms with Crippen LogP contribution in [0.25, 0.3) is 0 Å². The summed E-state index contributed by atoms with van der Waals surface area (Å²) in [5, 5.41) is 21.0. The molecule has 0 heterocycles. The zero-order valence-corrected chi connectivity index (χ0v) is 12.4. The van der Waals surface area contributed by atoms with Crippen molar-refractivity contribution in [3.8, 4) is 0 Å². The molecule has 3 N–H and O–H groups in total. The van der Waals surface area contributed by atoms with Crippen LogP contribution in [0.15, 0.2) is 18.2 Å². The molecule has 0 aliphatic carbocycles. The van der Waals surface area contributed by atoms with Crippen LogP contribution in [0, 0.1) is 0 Å². The van der Waals surface area contributed by atoms with E-state index < -0.39 is 18.1 Å². The summed E-state index contributed by atoms with van der Waals surface area (Å²) in [6.07, 6.45) is -0.788. The number of methoxy groups -OCH3 is 1. The number of carboxylic acid groups (broad SMARTS) is 1. The highest BCUT2D eigenvalue weighted by Crippen LogP contribution is 2.21. The predicted octanol–water partition coefficient (Wildman–Crippen LogP) is 1.51. The van der Waals surface area contributed by atoms with Gasteiger partial charge < -0.3 is 25.2 Å². The Hall–Kier alpha value is -1.83. The minimum absolute atomic E-state index is 0.0300. The number of rotatable bonds is 6. The lowest BCUT2D eigenvalue weighted by molar-refractivity contribution is 0.0501. The fourth-order valence-electron chi connectivity index (χ4n) is 1.63. The van der Waals surface area contributed by atoms with Crippen molar-refractivity contribution < 1.29 is 24.5 Å². The summed E-state index contributed by atoms with van der Waals surface area (Å²) < 4.78 is 4.77. The Bertz CT molecular complexity index is 523. The van der Waals surface area contributed by atoms with Gasteiger partial charge in [0, 0.05) is 19.8 Å². The van der Waals surface area contributed by atoms with Crippen LogP contribution in [0.3, 0.4) is 0 Å². The van der Waals surface area contributed by atoms with Crippen molar-refractivity contribution in [2.24, 2.45) is 0 Å². The highest BCUT2D eigenvalue weighted by atomic mass is 35.5. The van der Waals surface area contributed by atoms with Crippen LogP contribution in [0.4, 0.5) is 10.5 Å². The first kappa shape index (κ1) is 17.2. The van der Waals surface area contributed by atoms with Crippen molar-refractivity contribution in [3.05, 3.63) is 28.8 Å². The summed E-state index contributed by atoms with van der Waals surface area (Å²) in [4.78, 5) is 24.0. The summed E-state index contributed by atoms with van der Waals surface area (Å²) >= 11 is 5.81. The highest BCUT2D eigenvalue weighted by Gasteiger charge is 2.15. The topological polar surface area (TPSA) is 99.1 Å². The summed E-state index contributed by atoms with van der Waals surface area (Å²) in [5.41, 5.74) is 0.321. The van der Waals surface area contributed by atoms with E-state index in [4.69, 9.17) is 21.4 Å². The third-order valence-electron chi connectivity index (χ3n) is 2.64. The van der Waals surface area contributed by atoms with Crippen molar-refractivity contribution >= 4 is 29.3 Å². The number of nitrogens with zero attached hydrogens (tertiary/aromatic N) is 1. The fourth-order valence-corrected chi connectivity index (χ4v) is 1.89. The smallest absolute Gasteiger partial charge is 0.337 e. The van der Waals surface area contributed by atoms with E-state index in [1.54, 1.807) is 0 Å².